The van der Waals surface area contributed by atoms with E-state index < -0.39 is 16.0 Å². The van der Waals surface area contributed by atoms with Crippen LogP contribution in [0.1, 0.15) is 101 Å². The molecule has 3 N–H and O–H groups in total. The van der Waals surface area contributed by atoms with Gasteiger partial charge in [-0.1, -0.05) is 127 Å². The van der Waals surface area contributed by atoms with Gasteiger partial charge in [-0.2, -0.15) is 0 Å². The van der Waals surface area contributed by atoms with Gasteiger partial charge in [-0.15, -0.1) is 0 Å². The van der Waals surface area contributed by atoms with Crippen molar-refractivity contribution in [2.45, 2.75) is 119 Å². The van der Waals surface area contributed by atoms with E-state index in [2.05, 4.69) is 22.5 Å². The molecule has 0 radical (unpaired) electrons. The number of rotatable bonds is 9. The van der Waals surface area contributed by atoms with Crippen LogP contribution >= 0.6 is 34.8 Å². The first-order chi connectivity index (χ1) is 25.2. The minimum atomic E-state index is -2.05. The number of halogens is 3. The number of aliphatic hydroxyl groups excluding tert-OH is 1. The van der Waals surface area contributed by atoms with Gasteiger partial charge in [0.1, 0.15) is 0 Å². The first-order valence-electron chi connectivity index (χ1n) is 18.8. The number of fused-ring (bicyclic) bond motifs is 1. The highest BCUT2D eigenvalue weighted by molar-refractivity contribution is 6.76. The van der Waals surface area contributed by atoms with Crippen molar-refractivity contribution in [3.8, 4) is 11.1 Å². The first kappa shape index (κ1) is 40.0. The van der Waals surface area contributed by atoms with Gasteiger partial charge in [-0.05, 0) is 80.2 Å². The van der Waals surface area contributed by atoms with Gasteiger partial charge in [-0.3, -0.25) is 14.5 Å². The van der Waals surface area contributed by atoms with Crippen LogP contribution in [-0.2, 0) is 32.2 Å². The van der Waals surface area contributed by atoms with E-state index in [1.807, 2.05) is 93.6 Å². The van der Waals surface area contributed by atoms with Gasteiger partial charge in [0.15, 0.2) is 6.29 Å². The van der Waals surface area contributed by atoms with Crippen LogP contribution in [0.15, 0.2) is 72.8 Å². The normalized spacial score (nSPS) is 26.8. The Hall–Kier alpha value is -2.69. The molecule has 2 heterocycles. The molecule has 0 spiro atoms. The molecular formula is C42H52Cl3N3O5. The first-order valence-corrected chi connectivity index (χ1v) is 20.0. The van der Waals surface area contributed by atoms with E-state index in [1.54, 1.807) is 0 Å². The van der Waals surface area contributed by atoms with Gasteiger partial charge < -0.3 is 25.2 Å². The molecule has 7 unspecified atom stereocenters. The molecule has 0 bridgehead atoms. The number of hydrogen-bond donors (Lipinski definition) is 3. The Morgan fingerprint density at radius 3 is 2.23 bits per heavy atom. The number of likely N-dealkylation sites (tertiary alicyclic amines) is 1. The Bertz CT molecular complexity index is 1710. The molecular weight excluding hydrogens is 733 g/mol. The molecule has 7 atom stereocenters. The lowest BCUT2D eigenvalue weighted by Gasteiger charge is -2.51. The van der Waals surface area contributed by atoms with Crippen LogP contribution in [0.25, 0.3) is 11.1 Å². The summed E-state index contributed by atoms with van der Waals surface area (Å²) in [4.78, 5) is 28.6. The number of piperidine rings is 1. The minimum Gasteiger partial charge on any atom is -0.392 e. The van der Waals surface area contributed by atoms with Crippen molar-refractivity contribution in [1.82, 2.24) is 15.5 Å². The maximum atomic E-state index is 13.9. The molecule has 2 aliphatic heterocycles. The number of alkyl halides is 3. The van der Waals surface area contributed by atoms with E-state index >= 15 is 0 Å². The number of amides is 2. The zero-order chi connectivity index (χ0) is 37.9. The largest absolute Gasteiger partial charge is 0.392 e. The standard InChI is InChI=1S/C42H52Cl3N3O5/c1-26-36(24-48-34-12-8-6-9-29(34)21-22-35(48)38(50)47-41(2,3)4)52-39(53-37(26)30-15-13-27(25-49)14-16-30)31-19-17-28(18-20-31)33-11-7-5-10-32(33)23-46-40(51)42(43,44)45/h5,7,10-11,13-20,26,29,34-37,39,49H,6,8-9,12,21-25H2,1-4H3,(H,46,51)(H,47,50). The second kappa shape index (κ2) is 17.0. The van der Waals surface area contributed by atoms with Crippen LogP contribution in [0.5, 0.6) is 0 Å². The van der Waals surface area contributed by atoms with E-state index in [0.29, 0.717) is 18.5 Å². The van der Waals surface area contributed by atoms with Crippen molar-refractivity contribution >= 4 is 46.6 Å². The molecule has 3 aromatic rings. The summed E-state index contributed by atoms with van der Waals surface area (Å²) in [5, 5.41) is 15.7. The fourth-order valence-electron chi connectivity index (χ4n) is 8.32. The van der Waals surface area contributed by atoms with Crippen molar-refractivity contribution in [2.24, 2.45) is 11.8 Å². The number of nitrogens with one attached hydrogen (secondary N) is 2. The second-order valence-electron chi connectivity index (χ2n) is 15.9. The average Bonchev–Trinajstić information content (AvgIpc) is 3.14. The quantitative estimate of drug-likeness (QED) is 0.188. The maximum Gasteiger partial charge on any atom is 0.272 e. The van der Waals surface area contributed by atoms with Gasteiger partial charge in [0.05, 0.1) is 24.9 Å². The number of hydrogen-bond acceptors (Lipinski definition) is 6. The van der Waals surface area contributed by atoms with E-state index in [4.69, 9.17) is 44.3 Å². The summed E-state index contributed by atoms with van der Waals surface area (Å²) in [6.07, 6.45) is 5.48. The third kappa shape index (κ3) is 9.77. The smallest absolute Gasteiger partial charge is 0.272 e. The van der Waals surface area contributed by atoms with Gasteiger partial charge >= 0.3 is 0 Å². The monoisotopic (exact) mass is 783 g/mol. The average molecular weight is 785 g/mol. The molecule has 2 saturated heterocycles. The predicted molar refractivity (Wildman–Crippen MR) is 210 cm³/mol. The molecule has 0 aromatic heterocycles. The number of nitrogens with zero attached hydrogens (tertiary/aromatic N) is 1. The van der Waals surface area contributed by atoms with Crippen LogP contribution in [0, 0.1) is 11.8 Å². The van der Waals surface area contributed by atoms with E-state index in [0.717, 1.165) is 52.6 Å². The zero-order valence-corrected chi connectivity index (χ0v) is 33.3. The summed E-state index contributed by atoms with van der Waals surface area (Å²) in [7, 11) is 0. The van der Waals surface area contributed by atoms with Gasteiger partial charge in [0.25, 0.3) is 9.70 Å². The fourth-order valence-corrected chi connectivity index (χ4v) is 8.52. The summed E-state index contributed by atoms with van der Waals surface area (Å²) >= 11 is 17.3. The van der Waals surface area contributed by atoms with Crippen LogP contribution in [-0.4, -0.2) is 55.9 Å². The number of carbonyl (C=O) groups excluding carboxylic acids is 2. The van der Waals surface area contributed by atoms with Gasteiger partial charge in [0.2, 0.25) is 5.91 Å². The molecule has 1 saturated carbocycles. The van der Waals surface area contributed by atoms with E-state index in [-0.39, 0.29) is 48.8 Å². The highest BCUT2D eigenvalue weighted by atomic mass is 35.6. The van der Waals surface area contributed by atoms with Crippen molar-refractivity contribution in [2.75, 3.05) is 6.54 Å². The molecule has 1 aliphatic carbocycles. The van der Waals surface area contributed by atoms with Gasteiger partial charge in [-0.25, -0.2) is 0 Å². The number of benzene rings is 3. The molecule has 3 aromatic carbocycles. The Morgan fingerprint density at radius 2 is 1.55 bits per heavy atom. The second-order valence-corrected chi connectivity index (χ2v) is 18.2. The van der Waals surface area contributed by atoms with E-state index in [1.165, 1.54) is 19.3 Å². The summed E-state index contributed by atoms with van der Waals surface area (Å²) < 4.78 is 11.7. The van der Waals surface area contributed by atoms with Crippen molar-refractivity contribution in [3.63, 3.8) is 0 Å². The van der Waals surface area contributed by atoms with Crippen LogP contribution < -0.4 is 10.6 Å². The molecule has 11 heteroatoms. The Balaban J connectivity index is 1.29. The highest BCUT2D eigenvalue weighted by Crippen LogP contribution is 2.45. The van der Waals surface area contributed by atoms with Crippen LogP contribution in [0.2, 0.25) is 0 Å². The molecule has 3 fully saturated rings. The number of ether oxygens (including phenoxy) is 2. The summed E-state index contributed by atoms with van der Waals surface area (Å²) in [6.45, 7) is 9.09. The molecule has 3 aliphatic rings. The predicted octanol–water partition coefficient (Wildman–Crippen LogP) is 8.56. The summed E-state index contributed by atoms with van der Waals surface area (Å²) in [6, 6.07) is 23.9. The van der Waals surface area contributed by atoms with E-state index in [9.17, 15) is 14.7 Å². The number of aliphatic hydroxyl groups is 1. The Kier molecular flexibility index (Phi) is 12.8. The summed E-state index contributed by atoms with van der Waals surface area (Å²) in [5.41, 5.74) is 5.18. The Labute approximate surface area is 328 Å². The summed E-state index contributed by atoms with van der Waals surface area (Å²) in [5.74, 6) is -0.0261. The topological polar surface area (TPSA) is 100 Å². The molecule has 53 heavy (non-hydrogen) atoms. The lowest BCUT2D eigenvalue weighted by molar-refractivity contribution is -0.278. The van der Waals surface area contributed by atoms with Crippen LogP contribution in [0.4, 0.5) is 0 Å². The molecule has 286 valence electrons. The van der Waals surface area contributed by atoms with Crippen molar-refractivity contribution in [3.05, 3.63) is 95.1 Å². The SMILES string of the molecule is CC1C(CN2C(C(=O)NC(C)(C)C)CCC3CCCCC32)OC(c2ccc(-c3ccccc3CNC(=O)C(Cl)(Cl)Cl)cc2)OC1c1ccc(CO)cc1. The zero-order valence-electron chi connectivity index (χ0n) is 31.0. The third-order valence-corrected chi connectivity index (χ3v) is 11.5. The van der Waals surface area contributed by atoms with Crippen molar-refractivity contribution < 1.29 is 24.2 Å². The minimum absolute atomic E-state index is 0.0180. The third-order valence-electron chi connectivity index (χ3n) is 11.0. The highest BCUT2D eigenvalue weighted by Gasteiger charge is 2.46. The molecule has 2 amide bonds. The fraction of sp³-hybridized carbons (Fsp3) is 0.524. The maximum absolute atomic E-state index is 13.9. The molecule has 8 nitrogen and oxygen atoms in total. The molecule has 6 rings (SSSR count). The number of carbonyl (C=O) groups is 2. The Morgan fingerprint density at radius 1 is 0.868 bits per heavy atom. The van der Waals surface area contributed by atoms with Crippen molar-refractivity contribution in [1.29, 1.82) is 0 Å². The lowest BCUT2D eigenvalue weighted by atomic mass is 9.75. The van der Waals surface area contributed by atoms with Gasteiger partial charge in [0, 0.05) is 36.2 Å². The lowest BCUT2D eigenvalue weighted by Crippen LogP contribution is -2.61. The van der Waals surface area contributed by atoms with Crippen LogP contribution in [0.3, 0.4) is 0 Å².